The standard InChI is InChI=1S/C17H19N5O4S/c1-4-21(9-8-16(23)26-5-2)13-6-7-14(12(3)10-13)19-20-17-18-11-15(27-17)22(24)25/h5-7,10-11H,2,4,8-9H2,1,3H3. The zero-order chi connectivity index (χ0) is 19.8. The average molecular weight is 389 g/mol. The van der Waals surface area contributed by atoms with Crippen molar-refractivity contribution in [1.29, 1.82) is 0 Å². The molecule has 0 fully saturated rings. The first-order valence-corrected chi connectivity index (χ1v) is 8.94. The summed E-state index contributed by atoms with van der Waals surface area (Å²) in [7, 11) is 0. The number of benzene rings is 1. The Labute approximate surface area is 160 Å². The molecule has 1 heterocycles. The molecule has 2 aromatic rings. The minimum Gasteiger partial charge on any atom is -0.435 e. The molecule has 0 aliphatic carbocycles. The summed E-state index contributed by atoms with van der Waals surface area (Å²) in [6, 6.07) is 5.63. The second-order valence-electron chi connectivity index (χ2n) is 5.40. The summed E-state index contributed by atoms with van der Waals surface area (Å²) >= 11 is 0.861. The second kappa shape index (κ2) is 9.53. The van der Waals surface area contributed by atoms with Crippen molar-refractivity contribution in [3.63, 3.8) is 0 Å². The van der Waals surface area contributed by atoms with E-state index in [2.05, 4.69) is 21.8 Å². The normalized spacial score (nSPS) is 10.7. The van der Waals surface area contributed by atoms with Gasteiger partial charge in [-0.1, -0.05) is 6.58 Å². The minimum atomic E-state index is -0.513. The summed E-state index contributed by atoms with van der Waals surface area (Å²) in [6.07, 6.45) is 2.54. The quantitative estimate of drug-likeness (QED) is 0.202. The molecule has 0 aliphatic heterocycles. The Hall–Kier alpha value is -3.14. The highest BCUT2D eigenvalue weighted by molar-refractivity contribution is 7.18. The predicted molar refractivity (Wildman–Crippen MR) is 103 cm³/mol. The number of carbonyl (C=O) groups is 1. The van der Waals surface area contributed by atoms with E-state index in [1.54, 1.807) is 6.07 Å². The number of azo groups is 1. The first-order valence-electron chi connectivity index (χ1n) is 8.12. The number of nitrogens with zero attached hydrogens (tertiary/aromatic N) is 5. The van der Waals surface area contributed by atoms with Crippen LogP contribution in [0.3, 0.4) is 0 Å². The van der Waals surface area contributed by atoms with E-state index in [1.165, 1.54) is 0 Å². The smallest absolute Gasteiger partial charge is 0.345 e. The first-order chi connectivity index (χ1) is 12.9. The Kier molecular flexibility index (Phi) is 7.12. The maximum Gasteiger partial charge on any atom is 0.345 e. The van der Waals surface area contributed by atoms with Crippen LogP contribution in [0, 0.1) is 17.0 Å². The molecule has 0 unspecified atom stereocenters. The van der Waals surface area contributed by atoms with Gasteiger partial charge in [-0.15, -0.1) is 10.2 Å². The number of ether oxygens (including phenoxy) is 1. The third-order valence-electron chi connectivity index (χ3n) is 3.63. The van der Waals surface area contributed by atoms with Crippen LogP contribution in [0.2, 0.25) is 0 Å². The summed E-state index contributed by atoms with van der Waals surface area (Å²) in [5, 5.41) is 18.9. The van der Waals surface area contributed by atoms with Crippen LogP contribution >= 0.6 is 11.3 Å². The molecule has 0 saturated carbocycles. The molecule has 1 aromatic heterocycles. The highest BCUT2D eigenvalue weighted by Gasteiger charge is 2.12. The van der Waals surface area contributed by atoms with Crippen LogP contribution in [0.4, 0.5) is 21.5 Å². The van der Waals surface area contributed by atoms with Crippen molar-refractivity contribution in [2.75, 3.05) is 18.0 Å². The highest BCUT2D eigenvalue weighted by atomic mass is 32.1. The fourth-order valence-corrected chi connectivity index (χ4v) is 2.83. The molecule has 27 heavy (non-hydrogen) atoms. The summed E-state index contributed by atoms with van der Waals surface area (Å²) in [5.74, 6) is -0.330. The number of hydrogen-bond acceptors (Lipinski definition) is 9. The van der Waals surface area contributed by atoms with E-state index in [0.717, 1.165) is 41.6 Å². The van der Waals surface area contributed by atoms with Crippen molar-refractivity contribution in [1.82, 2.24) is 4.98 Å². The molecule has 0 radical (unpaired) electrons. The van der Waals surface area contributed by atoms with Gasteiger partial charge in [0.2, 0.25) is 5.13 Å². The van der Waals surface area contributed by atoms with Crippen molar-refractivity contribution in [2.45, 2.75) is 20.3 Å². The van der Waals surface area contributed by atoms with E-state index in [1.807, 2.05) is 30.9 Å². The number of anilines is 1. The SMILES string of the molecule is C=COC(=O)CCN(CC)c1ccc(N=Nc2ncc([N+](=O)[O-])s2)c(C)c1. The van der Waals surface area contributed by atoms with Crippen LogP contribution in [0.5, 0.6) is 0 Å². The largest absolute Gasteiger partial charge is 0.435 e. The number of nitro groups is 1. The Bertz CT molecular complexity index is 865. The molecular weight excluding hydrogens is 370 g/mol. The molecule has 0 atom stereocenters. The predicted octanol–water partition coefficient (Wildman–Crippen LogP) is 4.68. The van der Waals surface area contributed by atoms with Gasteiger partial charge < -0.3 is 9.64 Å². The maximum atomic E-state index is 11.5. The number of rotatable bonds is 9. The van der Waals surface area contributed by atoms with Crippen molar-refractivity contribution in [3.05, 3.63) is 52.9 Å². The Morgan fingerprint density at radius 2 is 2.26 bits per heavy atom. The van der Waals surface area contributed by atoms with Gasteiger partial charge in [0.05, 0.1) is 23.3 Å². The number of hydrogen-bond donors (Lipinski definition) is 0. The number of carbonyl (C=O) groups excluding carboxylic acids is 1. The van der Waals surface area contributed by atoms with Gasteiger partial charge in [-0.25, -0.2) is 4.98 Å². The monoisotopic (exact) mass is 389 g/mol. The number of esters is 1. The molecule has 2 rings (SSSR count). The molecule has 0 amide bonds. The van der Waals surface area contributed by atoms with Gasteiger partial charge >= 0.3 is 11.0 Å². The Morgan fingerprint density at radius 3 is 2.85 bits per heavy atom. The van der Waals surface area contributed by atoms with Crippen molar-refractivity contribution in [3.8, 4) is 0 Å². The van der Waals surface area contributed by atoms with Crippen LogP contribution in [-0.2, 0) is 9.53 Å². The lowest BCUT2D eigenvalue weighted by atomic mass is 10.1. The maximum absolute atomic E-state index is 11.5. The lowest BCUT2D eigenvalue weighted by Gasteiger charge is -2.23. The molecule has 0 saturated heterocycles. The first kappa shape index (κ1) is 20.2. The van der Waals surface area contributed by atoms with Gasteiger partial charge in [-0.2, -0.15) is 0 Å². The minimum absolute atomic E-state index is 0.0791. The third-order valence-corrected chi connectivity index (χ3v) is 4.47. The van der Waals surface area contributed by atoms with Gasteiger partial charge in [0.25, 0.3) is 0 Å². The van der Waals surface area contributed by atoms with Gasteiger partial charge in [-0.3, -0.25) is 14.9 Å². The van der Waals surface area contributed by atoms with E-state index < -0.39 is 4.92 Å². The van der Waals surface area contributed by atoms with Crippen LogP contribution in [0.1, 0.15) is 18.9 Å². The number of thiazole rings is 1. The molecule has 0 N–H and O–H groups in total. The molecule has 0 spiro atoms. The zero-order valence-corrected chi connectivity index (χ0v) is 15.8. The lowest BCUT2D eigenvalue weighted by molar-refractivity contribution is -0.380. The number of aryl methyl sites for hydroxylation is 1. The lowest BCUT2D eigenvalue weighted by Crippen LogP contribution is -2.26. The number of aromatic nitrogens is 1. The van der Waals surface area contributed by atoms with E-state index in [0.29, 0.717) is 12.2 Å². The Balaban J connectivity index is 2.08. The average Bonchev–Trinajstić information content (AvgIpc) is 3.11. The molecule has 9 nitrogen and oxygen atoms in total. The van der Waals surface area contributed by atoms with E-state index in [9.17, 15) is 14.9 Å². The van der Waals surface area contributed by atoms with E-state index in [4.69, 9.17) is 4.74 Å². The van der Waals surface area contributed by atoms with Crippen molar-refractivity contribution >= 4 is 38.8 Å². The van der Waals surface area contributed by atoms with Gasteiger partial charge in [0, 0.05) is 18.8 Å². The summed E-state index contributed by atoms with van der Waals surface area (Å²) in [6.45, 7) is 8.50. The van der Waals surface area contributed by atoms with Gasteiger partial charge in [0.1, 0.15) is 6.20 Å². The van der Waals surface area contributed by atoms with E-state index >= 15 is 0 Å². The van der Waals surface area contributed by atoms with Crippen LogP contribution in [0.15, 0.2) is 47.5 Å². The fourth-order valence-electron chi connectivity index (χ4n) is 2.28. The van der Waals surface area contributed by atoms with Gasteiger partial charge in [0.15, 0.2) is 0 Å². The molecule has 10 heteroatoms. The summed E-state index contributed by atoms with van der Waals surface area (Å²) in [4.78, 5) is 27.5. The Morgan fingerprint density at radius 1 is 1.48 bits per heavy atom. The van der Waals surface area contributed by atoms with Crippen LogP contribution in [0.25, 0.3) is 0 Å². The molecule has 1 aromatic carbocycles. The second-order valence-corrected chi connectivity index (χ2v) is 6.38. The van der Waals surface area contributed by atoms with Crippen LogP contribution < -0.4 is 4.90 Å². The molecule has 142 valence electrons. The topological polar surface area (TPSA) is 110 Å². The fraction of sp³-hybridized carbons (Fsp3) is 0.294. The van der Waals surface area contributed by atoms with Crippen LogP contribution in [-0.4, -0.2) is 29.0 Å². The summed E-state index contributed by atoms with van der Waals surface area (Å²) in [5.41, 5.74) is 2.47. The zero-order valence-electron chi connectivity index (χ0n) is 15.0. The molecule has 0 aliphatic rings. The summed E-state index contributed by atoms with van der Waals surface area (Å²) < 4.78 is 4.73. The highest BCUT2D eigenvalue weighted by Crippen LogP contribution is 2.30. The van der Waals surface area contributed by atoms with Crippen molar-refractivity contribution < 1.29 is 14.5 Å². The van der Waals surface area contributed by atoms with Crippen molar-refractivity contribution in [2.24, 2.45) is 10.2 Å². The molecular formula is C17H19N5O4S. The molecule has 0 bridgehead atoms. The van der Waals surface area contributed by atoms with E-state index in [-0.39, 0.29) is 22.5 Å². The van der Waals surface area contributed by atoms with Gasteiger partial charge in [-0.05, 0) is 48.9 Å². The third kappa shape index (κ3) is 5.68.